The van der Waals surface area contributed by atoms with Gasteiger partial charge < -0.3 is 29.3 Å². The van der Waals surface area contributed by atoms with Crippen LogP contribution < -0.4 is 19.7 Å². The highest BCUT2D eigenvalue weighted by Gasteiger charge is 2.26. The molecular formula is C31H33ClN8O4. The molecule has 0 bridgehead atoms. The molecule has 1 fully saturated rings. The fourth-order valence-electron chi connectivity index (χ4n) is 5.12. The van der Waals surface area contributed by atoms with Gasteiger partial charge >= 0.3 is 6.09 Å². The quantitative estimate of drug-likeness (QED) is 0.250. The summed E-state index contributed by atoms with van der Waals surface area (Å²) >= 11 is 6.70. The number of piperazine rings is 1. The van der Waals surface area contributed by atoms with Crippen LogP contribution in [0.5, 0.6) is 11.5 Å². The molecule has 12 nitrogen and oxygen atoms in total. The summed E-state index contributed by atoms with van der Waals surface area (Å²) in [4.78, 5) is 25.7. The van der Waals surface area contributed by atoms with Crippen LogP contribution in [0.4, 0.5) is 22.1 Å². The van der Waals surface area contributed by atoms with Crippen molar-refractivity contribution in [3.8, 4) is 22.6 Å². The summed E-state index contributed by atoms with van der Waals surface area (Å²) in [5.41, 5.74) is 4.06. The highest BCUT2D eigenvalue weighted by Crippen LogP contribution is 2.41. The fraction of sp³-hybridized carbons (Fsp3) is 0.323. The zero-order chi connectivity index (χ0) is 31.0. The second kappa shape index (κ2) is 11.7. The van der Waals surface area contributed by atoms with Gasteiger partial charge in [0.15, 0.2) is 11.3 Å². The Morgan fingerprint density at radius 1 is 0.955 bits per heavy atom. The first-order chi connectivity index (χ1) is 21.1. The van der Waals surface area contributed by atoms with E-state index in [0.29, 0.717) is 52.4 Å². The van der Waals surface area contributed by atoms with E-state index in [9.17, 15) is 4.79 Å². The number of nitrogens with zero attached hydrogens (tertiary/aromatic N) is 7. The number of methoxy groups -OCH3 is 2. The first-order valence-corrected chi connectivity index (χ1v) is 14.5. The van der Waals surface area contributed by atoms with Gasteiger partial charge in [-0.2, -0.15) is 4.98 Å². The van der Waals surface area contributed by atoms with Crippen molar-refractivity contribution in [2.75, 3.05) is 50.6 Å². The van der Waals surface area contributed by atoms with Gasteiger partial charge in [0.2, 0.25) is 5.95 Å². The Balaban J connectivity index is 1.20. The Hall–Kier alpha value is -4.84. The van der Waals surface area contributed by atoms with Crippen molar-refractivity contribution in [2.24, 2.45) is 0 Å². The Morgan fingerprint density at radius 2 is 1.70 bits per heavy atom. The van der Waals surface area contributed by atoms with Crippen LogP contribution >= 0.6 is 11.6 Å². The fourth-order valence-corrected chi connectivity index (χ4v) is 5.41. The largest absolute Gasteiger partial charge is 0.497 e. The molecule has 1 aliphatic heterocycles. The number of halogens is 1. The minimum Gasteiger partial charge on any atom is -0.497 e. The van der Waals surface area contributed by atoms with E-state index in [1.807, 2.05) is 57.2 Å². The molecule has 0 aliphatic carbocycles. The number of aromatic nitrogens is 5. The van der Waals surface area contributed by atoms with Gasteiger partial charge in [0.1, 0.15) is 23.4 Å². The van der Waals surface area contributed by atoms with Crippen molar-refractivity contribution in [1.82, 2.24) is 29.5 Å². The highest BCUT2D eigenvalue weighted by molar-refractivity contribution is 6.35. The zero-order valence-corrected chi connectivity index (χ0v) is 25.9. The maximum Gasteiger partial charge on any atom is 0.410 e. The second-order valence-corrected chi connectivity index (χ2v) is 11.8. The first-order valence-electron chi connectivity index (χ1n) is 14.1. The predicted molar refractivity (Wildman–Crippen MR) is 169 cm³/mol. The number of rotatable bonds is 6. The smallest absolute Gasteiger partial charge is 0.410 e. The maximum absolute atomic E-state index is 12.4. The summed E-state index contributed by atoms with van der Waals surface area (Å²) in [7, 11) is 3.15. The maximum atomic E-state index is 12.4. The van der Waals surface area contributed by atoms with Crippen molar-refractivity contribution in [3.63, 3.8) is 0 Å². The van der Waals surface area contributed by atoms with Crippen molar-refractivity contribution >= 4 is 51.7 Å². The molecule has 1 saturated heterocycles. The molecule has 1 N–H and O–H groups in total. The molecular weight excluding hydrogens is 584 g/mol. The van der Waals surface area contributed by atoms with E-state index in [2.05, 4.69) is 25.4 Å². The summed E-state index contributed by atoms with van der Waals surface area (Å²) in [6, 6.07) is 13.6. The Labute approximate surface area is 259 Å². The number of nitrogens with one attached hydrogen (secondary N) is 1. The van der Waals surface area contributed by atoms with Crippen molar-refractivity contribution in [2.45, 2.75) is 26.4 Å². The minimum atomic E-state index is -0.504. The number of amides is 1. The summed E-state index contributed by atoms with van der Waals surface area (Å²) < 4.78 is 18.2. The Kier molecular flexibility index (Phi) is 7.76. The molecule has 3 aromatic heterocycles. The SMILES string of the molecule is COc1cc(OC)c(Cl)c(-c2cc3cnc(Nc4ccc(N5CCN(C(=O)OC(C)(C)C)CC5)cc4)nc3n3cnnc23)c1. The lowest BCUT2D eigenvalue weighted by Gasteiger charge is -2.36. The molecule has 4 heterocycles. The molecule has 0 radical (unpaired) electrons. The van der Waals surface area contributed by atoms with E-state index in [1.165, 1.54) is 0 Å². The standard InChI is InChI=1S/C31H33ClN8O4/c1-31(2,3)44-30(41)39-12-10-38(11-13-39)21-8-6-20(7-9-21)35-29-33-17-19-14-24(28-37-34-18-40(28)27(19)36-29)23-15-22(42-4)16-25(43-5)26(23)32/h6-9,14-18H,10-13H2,1-5H3,(H,33,35,36). The molecule has 2 aromatic carbocycles. The summed E-state index contributed by atoms with van der Waals surface area (Å²) in [6.07, 6.45) is 3.09. The van der Waals surface area contributed by atoms with Crippen LogP contribution in [-0.4, -0.2) is 81.6 Å². The summed E-state index contributed by atoms with van der Waals surface area (Å²) in [5.74, 6) is 1.52. The lowest BCUT2D eigenvalue weighted by Crippen LogP contribution is -2.50. The molecule has 44 heavy (non-hydrogen) atoms. The number of hydrogen-bond donors (Lipinski definition) is 1. The van der Waals surface area contributed by atoms with E-state index < -0.39 is 5.60 Å². The first kappa shape index (κ1) is 29.2. The van der Waals surface area contributed by atoms with Gasteiger partial charge in [0.25, 0.3) is 0 Å². The lowest BCUT2D eigenvalue weighted by molar-refractivity contribution is 0.0240. The van der Waals surface area contributed by atoms with Crippen LogP contribution in [-0.2, 0) is 4.74 Å². The van der Waals surface area contributed by atoms with Gasteiger partial charge in [-0.25, -0.2) is 9.78 Å². The molecule has 5 aromatic rings. The van der Waals surface area contributed by atoms with E-state index >= 15 is 0 Å². The number of carbonyl (C=O) groups excluding carboxylic acids is 1. The normalized spacial score (nSPS) is 13.8. The van der Waals surface area contributed by atoms with Crippen LogP contribution in [0.3, 0.4) is 0 Å². The Morgan fingerprint density at radius 3 is 2.39 bits per heavy atom. The van der Waals surface area contributed by atoms with Crippen molar-refractivity contribution in [3.05, 3.63) is 60.0 Å². The van der Waals surface area contributed by atoms with Crippen molar-refractivity contribution in [1.29, 1.82) is 0 Å². The van der Waals surface area contributed by atoms with Crippen LogP contribution in [0, 0.1) is 0 Å². The number of pyridine rings is 1. The number of ether oxygens (including phenoxy) is 3. The molecule has 0 spiro atoms. The number of anilines is 3. The summed E-state index contributed by atoms with van der Waals surface area (Å²) in [5, 5.41) is 13.0. The van der Waals surface area contributed by atoms with E-state index in [1.54, 1.807) is 42.1 Å². The second-order valence-electron chi connectivity index (χ2n) is 11.4. The summed E-state index contributed by atoms with van der Waals surface area (Å²) in [6.45, 7) is 8.30. The third-order valence-corrected chi connectivity index (χ3v) is 7.68. The number of hydrogen-bond acceptors (Lipinski definition) is 10. The monoisotopic (exact) mass is 616 g/mol. The van der Waals surface area contributed by atoms with Gasteiger partial charge in [-0.15, -0.1) is 10.2 Å². The zero-order valence-electron chi connectivity index (χ0n) is 25.2. The van der Waals surface area contributed by atoms with E-state index in [4.69, 9.17) is 30.8 Å². The predicted octanol–water partition coefficient (Wildman–Crippen LogP) is 5.81. The number of carbonyl (C=O) groups is 1. The molecule has 6 rings (SSSR count). The minimum absolute atomic E-state index is 0.267. The van der Waals surface area contributed by atoms with E-state index in [-0.39, 0.29) is 6.09 Å². The van der Waals surface area contributed by atoms with Gasteiger partial charge in [0, 0.05) is 66.3 Å². The molecule has 1 amide bonds. The van der Waals surface area contributed by atoms with Gasteiger partial charge in [-0.05, 0) is 57.2 Å². The van der Waals surface area contributed by atoms with Crippen LogP contribution in [0.15, 0.2) is 55.0 Å². The molecule has 1 aliphatic rings. The van der Waals surface area contributed by atoms with Crippen LogP contribution in [0.1, 0.15) is 20.8 Å². The molecule has 228 valence electrons. The number of benzene rings is 2. The molecule has 0 saturated carbocycles. The van der Waals surface area contributed by atoms with Crippen molar-refractivity contribution < 1.29 is 19.0 Å². The third-order valence-electron chi connectivity index (χ3n) is 7.29. The molecule has 0 atom stereocenters. The Bertz CT molecular complexity index is 1830. The average molecular weight is 617 g/mol. The van der Waals surface area contributed by atoms with Gasteiger partial charge in [-0.3, -0.25) is 4.40 Å². The van der Waals surface area contributed by atoms with E-state index in [0.717, 1.165) is 35.4 Å². The lowest BCUT2D eigenvalue weighted by atomic mass is 10.0. The molecule has 0 unspecified atom stereocenters. The van der Waals surface area contributed by atoms with Crippen LogP contribution in [0.25, 0.3) is 27.8 Å². The van der Waals surface area contributed by atoms with Gasteiger partial charge in [0.05, 0.1) is 19.2 Å². The third kappa shape index (κ3) is 5.85. The highest BCUT2D eigenvalue weighted by atomic mass is 35.5. The average Bonchev–Trinajstić information content (AvgIpc) is 3.51. The number of fused-ring (bicyclic) bond motifs is 3. The molecule has 13 heteroatoms. The van der Waals surface area contributed by atoms with Crippen LogP contribution in [0.2, 0.25) is 5.02 Å². The topological polar surface area (TPSA) is 119 Å². The van der Waals surface area contributed by atoms with Gasteiger partial charge in [-0.1, -0.05) is 11.6 Å².